The molecule has 0 heterocycles. The van der Waals surface area contributed by atoms with Crippen LogP contribution in [-0.4, -0.2) is 44.3 Å². The Morgan fingerprint density at radius 2 is 1.26 bits per heavy atom. The van der Waals surface area contributed by atoms with Crippen molar-refractivity contribution in [3.63, 3.8) is 0 Å². The Hall–Kier alpha value is -3.64. The van der Waals surface area contributed by atoms with E-state index in [4.69, 9.17) is 22.8 Å². The minimum absolute atomic E-state index is 0.00318. The van der Waals surface area contributed by atoms with Crippen LogP contribution in [0.3, 0.4) is 0 Å². The van der Waals surface area contributed by atoms with E-state index in [0.717, 1.165) is 10.4 Å². The van der Waals surface area contributed by atoms with E-state index in [-0.39, 0.29) is 34.5 Å². The summed E-state index contributed by atoms with van der Waals surface area (Å²) in [5.74, 6) is -0.519. The maximum absolute atomic E-state index is 13.7. The molecule has 0 bridgehead atoms. The number of rotatable bonds is 9. The van der Waals surface area contributed by atoms with Crippen LogP contribution in [0.5, 0.6) is 23.0 Å². The molecule has 0 aliphatic heterocycles. The van der Waals surface area contributed by atoms with Gasteiger partial charge in [0.2, 0.25) is 11.5 Å². The molecular formula is C31H34F3O7SSi. The molecular weight excluding hydrogens is 601 g/mol. The molecule has 0 saturated heterocycles. The fraction of sp³-hybridized carbons (Fsp3) is 0.355. The maximum atomic E-state index is 13.7. The van der Waals surface area contributed by atoms with E-state index >= 15 is 0 Å². The van der Waals surface area contributed by atoms with Gasteiger partial charge in [0.15, 0.2) is 17.3 Å². The number of allylic oxidation sites excluding steroid dienone is 1. The minimum Gasteiger partial charge on any atom is -0.529 e. The fourth-order valence-electron chi connectivity index (χ4n) is 5.02. The molecule has 231 valence electrons. The Morgan fingerprint density at radius 3 is 1.70 bits per heavy atom. The molecule has 43 heavy (non-hydrogen) atoms. The molecule has 0 N–H and O–H groups in total. The molecule has 12 heteroatoms. The summed E-state index contributed by atoms with van der Waals surface area (Å²) >= 11 is 0. The minimum atomic E-state index is -6.06. The van der Waals surface area contributed by atoms with Crippen LogP contribution in [0.4, 0.5) is 13.2 Å². The van der Waals surface area contributed by atoms with Gasteiger partial charge in [-0.15, -0.1) is 0 Å². The quantitative estimate of drug-likeness (QED) is 0.169. The van der Waals surface area contributed by atoms with Gasteiger partial charge < -0.3 is 22.8 Å². The second-order valence-corrected chi connectivity index (χ2v) is 14.5. The number of halogens is 3. The fourth-order valence-corrected chi connectivity index (χ4v) is 7.45. The van der Waals surface area contributed by atoms with Crippen molar-refractivity contribution < 1.29 is 44.4 Å². The molecule has 1 aliphatic carbocycles. The molecule has 4 rings (SSSR count). The van der Waals surface area contributed by atoms with Crippen molar-refractivity contribution in [2.75, 3.05) is 21.3 Å². The number of ether oxygens (including phenoxy) is 3. The molecule has 0 amide bonds. The normalized spacial score (nSPS) is 15.7. The molecule has 3 aromatic carbocycles. The van der Waals surface area contributed by atoms with Crippen molar-refractivity contribution in [2.24, 2.45) is 11.3 Å². The summed E-state index contributed by atoms with van der Waals surface area (Å²) in [6.07, 6.45) is 2.19. The van der Waals surface area contributed by atoms with E-state index in [2.05, 4.69) is 0 Å². The predicted molar refractivity (Wildman–Crippen MR) is 160 cm³/mol. The van der Waals surface area contributed by atoms with Crippen molar-refractivity contribution in [2.45, 2.75) is 39.1 Å². The lowest BCUT2D eigenvalue weighted by Crippen LogP contribution is -2.47. The van der Waals surface area contributed by atoms with Crippen LogP contribution in [0, 0.1) is 11.3 Å². The highest BCUT2D eigenvalue weighted by molar-refractivity contribution is 7.87. The van der Waals surface area contributed by atoms with Crippen LogP contribution in [0.1, 0.15) is 38.3 Å². The number of alkyl halides is 3. The summed E-state index contributed by atoms with van der Waals surface area (Å²) in [5, 5.41) is 1.67. The van der Waals surface area contributed by atoms with Crippen molar-refractivity contribution in [1.82, 2.24) is 0 Å². The van der Waals surface area contributed by atoms with Crippen LogP contribution >= 0.6 is 0 Å². The van der Waals surface area contributed by atoms with Gasteiger partial charge in [-0.25, -0.2) is 0 Å². The first-order valence-electron chi connectivity index (χ1n) is 13.5. The second-order valence-electron chi connectivity index (χ2n) is 11.0. The summed E-state index contributed by atoms with van der Waals surface area (Å²) in [5.41, 5.74) is -5.73. The average Bonchev–Trinajstić information content (AvgIpc) is 3.15. The van der Waals surface area contributed by atoms with E-state index in [1.54, 1.807) is 0 Å². The Labute approximate surface area is 252 Å². The van der Waals surface area contributed by atoms with E-state index in [1.165, 1.54) is 27.4 Å². The van der Waals surface area contributed by atoms with Gasteiger partial charge in [0.25, 0.3) is 0 Å². The zero-order valence-electron chi connectivity index (χ0n) is 24.7. The Bertz CT molecular complexity index is 1530. The molecule has 0 spiro atoms. The molecule has 0 saturated carbocycles. The molecule has 0 aromatic heterocycles. The highest BCUT2D eigenvalue weighted by Gasteiger charge is 2.50. The number of methoxy groups -OCH3 is 3. The first-order chi connectivity index (χ1) is 20.2. The highest BCUT2D eigenvalue weighted by Crippen LogP contribution is 2.55. The molecule has 1 atom stereocenters. The van der Waals surface area contributed by atoms with E-state index in [1.807, 2.05) is 81.4 Å². The molecule has 0 fully saturated rings. The van der Waals surface area contributed by atoms with Crippen molar-refractivity contribution in [3.8, 4) is 23.0 Å². The SMILES string of the molecule is COc1c2c(c(O[Si](c3ccccc3)c3ccccc3)c(OC)c1OC)C(OS(=O)(=O)C(F)(F)F)=CC(C(C)(C)C)CC2. The smallest absolute Gasteiger partial charge is 0.529 e. The molecule has 3 aromatic rings. The second kappa shape index (κ2) is 12.5. The van der Waals surface area contributed by atoms with Gasteiger partial charge in [0.1, 0.15) is 0 Å². The number of benzene rings is 3. The topological polar surface area (TPSA) is 80.3 Å². The third-order valence-corrected chi connectivity index (χ3v) is 10.3. The molecule has 7 nitrogen and oxygen atoms in total. The van der Waals surface area contributed by atoms with Gasteiger partial charge in [-0.05, 0) is 40.6 Å². The van der Waals surface area contributed by atoms with Gasteiger partial charge in [-0.2, -0.15) is 21.6 Å². The van der Waals surface area contributed by atoms with Crippen LogP contribution in [-0.2, 0) is 20.7 Å². The Balaban J connectivity index is 2.09. The number of hydrogen-bond acceptors (Lipinski definition) is 7. The van der Waals surface area contributed by atoms with Gasteiger partial charge in [0.05, 0.1) is 26.9 Å². The summed E-state index contributed by atoms with van der Waals surface area (Å²) in [6, 6.07) is 18.7. The predicted octanol–water partition coefficient (Wildman–Crippen LogP) is 5.71. The van der Waals surface area contributed by atoms with E-state index in [9.17, 15) is 21.6 Å². The first-order valence-corrected chi connectivity index (χ1v) is 16.3. The van der Waals surface area contributed by atoms with Crippen molar-refractivity contribution in [3.05, 3.63) is 77.9 Å². The van der Waals surface area contributed by atoms with Gasteiger partial charge in [0, 0.05) is 5.56 Å². The van der Waals surface area contributed by atoms with Gasteiger partial charge in [-0.3, -0.25) is 0 Å². The lowest BCUT2D eigenvalue weighted by Gasteiger charge is -2.27. The van der Waals surface area contributed by atoms with Crippen LogP contribution in [0.25, 0.3) is 5.76 Å². The van der Waals surface area contributed by atoms with E-state index in [0.29, 0.717) is 18.4 Å². The summed E-state index contributed by atoms with van der Waals surface area (Å²) in [7, 11) is -4.03. The largest absolute Gasteiger partial charge is 0.534 e. The zero-order chi connectivity index (χ0) is 31.6. The van der Waals surface area contributed by atoms with Gasteiger partial charge >= 0.3 is 24.7 Å². The zero-order valence-corrected chi connectivity index (χ0v) is 26.6. The first kappa shape index (κ1) is 32.3. The standard InChI is InChI=1S/C31H34F3O7SSi/c1-30(2,3)20-17-18-23-25(24(19-20)40-42(35,36)31(32,33)34)27(29(39-6)28(38-5)26(23)37-4)41-43(21-13-9-7-10-14-21)22-15-11-8-12-16-22/h7-16,19-20H,17-18H2,1-6H3. The molecule has 1 unspecified atom stereocenters. The Morgan fingerprint density at radius 1 is 0.767 bits per heavy atom. The monoisotopic (exact) mass is 635 g/mol. The van der Waals surface area contributed by atoms with Crippen LogP contribution in [0.2, 0.25) is 0 Å². The Kier molecular flexibility index (Phi) is 9.41. The third-order valence-electron chi connectivity index (χ3n) is 7.21. The summed E-state index contributed by atoms with van der Waals surface area (Å²) in [4.78, 5) is 0. The maximum Gasteiger partial charge on any atom is 0.534 e. The average molecular weight is 636 g/mol. The van der Waals surface area contributed by atoms with Crippen LogP contribution in [0.15, 0.2) is 66.7 Å². The van der Waals surface area contributed by atoms with Crippen molar-refractivity contribution in [1.29, 1.82) is 0 Å². The van der Waals surface area contributed by atoms with Crippen LogP contribution < -0.4 is 29.0 Å². The lowest BCUT2D eigenvalue weighted by molar-refractivity contribution is -0.0509. The molecule has 1 radical (unpaired) electrons. The number of fused-ring (bicyclic) bond motifs is 1. The number of hydrogen-bond donors (Lipinski definition) is 0. The van der Waals surface area contributed by atoms with Gasteiger partial charge in [-0.1, -0.05) is 81.4 Å². The summed E-state index contributed by atoms with van der Waals surface area (Å²) < 4.78 is 95.1. The summed E-state index contributed by atoms with van der Waals surface area (Å²) in [6.45, 7) is 5.76. The highest BCUT2D eigenvalue weighted by atomic mass is 32.2. The molecule has 1 aliphatic rings. The van der Waals surface area contributed by atoms with Crippen molar-refractivity contribution >= 4 is 35.3 Å². The lowest BCUT2D eigenvalue weighted by atomic mass is 9.78. The third kappa shape index (κ3) is 6.64. The van der Waals surface area contributed by atoms with E-state index < -0.39 is 35.8 Å².